The van der Waals surface area contributed by atoms with Gasteiger partial charge in [0.1, 0.15) is 0 Å². The van der Waals surface area contributed by atoms with Crippen molar-refractivity contribution in [3.8, 4) is 0 Å². The number of urea groups is 1. The molecule has 2 heterocycles. The van der Waals surface area contributed by atoms with E-state index in [-0.39, 0.29) is 5.91 Å². The summed E-state index contributed by atoms with van der Waals surface area (Å²) in [5, 5.41) is 2.31. The van der Waals surface area contributed by atoms with Gasteiger partial charge in [-0.2, -0.15) is 0 Å². The van der Waals surface area contributed by atoms with Crippen molar-refractivity contribution in [2.45, 2.75) is 18.6 Å². The van der Waals surface area contributed by atoms with E-state index in [0.717, 1.165) is 6.42 Å². The summed E-state index contributed by atoms with van der Waals surface area (Å²) in [6.07, 6.45) is 0.293. The van der Waals surface area contributed by atoms with Crippen molar-refractivity contribution in [1.82, 2.24) is 15.1 Å². The van der Waals surface area contributed by atoms with Gasteiger partial charge in [-0.1, -0.05) is 0 Å². The number of halogens is 2. The zero-order chi connectivity index (χ0) is 12.6. The fourth-order valence-electron chi connectivity index (χ4n) is 1.95. The number of carbonyl (C=O) groups is 2. The lowest BCUT2D eigenvalue weighted by atomic mass is 10.1. The van der Waals surface area contributed by atoms with E-state index < -0.39 is 18.2 Å². The van der Waals surface area contributed by atoms with E-state index in [1.807, 2.05) is 4.90 Å². The zero-order valence-electron chi connectivity index (χ0n) is 9.19. The number of amides is 3. The molecule has 94 valence electrons. The monoisotopic (exact) mass is 322 g/mol. The minimum atomic E-state index is -0.463. The number of aliphatic imine (C=N–C) groups is 1. The molecule has 1 N–H and O–H groups in total. The maximum absolute atomic E-state index is 11.8. The minimum Gasteiger partial charge on any atom is -0.335 e. The van der Waals surface area contributed by atoms with Crippen LogP contribution in [0.25, 0.3) is 0 Å². The quantitative estimate of drug-likeness (QED) is 0.609. The molecule has 0 aromatic carbocycles. The Hall–Kier alpha value is -0.820. The van der Waals surface area contributed by atoms with Crippen LogP contribution in [0.5, 0.6) is 0 Å². The van der Waals surface area contributed by atoms with Crippen molar-refractivity contribution in [3.63, 3.8) is 0 Å². The predicted molar refractivity (Wildman–Crippen MR) is 67.3 cm³/mol. The lowest BCUT2D eigenvalue weighted by Gasteiger charge is -2.35. The Bertz CT molecular complexity index is 389. The molecular weight excluding hydrogens is 311 g/mol. The predicted octanol–water partition coefficient (Wildman–Crippen LogP) is 0.558. The normalized spacial score (nSPS) is 28.1. The molecule has 0 aromatic rings. The second-order valence-electron chi connectivity index (χ2n) is 3.90. The number of carbonyl (C=O) groups excluding carboxylic acids is 2. The zero-order valence-corrected chi connectivity index (χ0v) is 11.5. The standard InChI is InChI=1S/C9H12BrClN4O2/c1-14-6-5(7(16)13-9(14)17)15(4-2-3-11)8(10)12-6/h5-6H,2-4H2,1H3,(H,13,16,17). The molecule has 0 spiro atoms. The highest BCUT2D eigenvalue weighted by atomic mass is 79.9. The molecule has 0 aromatic heterocycles. The van der Waals surface area contributed by atoms with Crippen molar-refractivity contribution >= 4 is 44.2 Å². The largest absolute Gasteiger partial charge is 0.335 e. The van der Waals surface area contributed by atoms with Crippen LogP contribution in [0.3, 0.4) is 0 Å². The van der Waals surface area contributed by atoms with E-state index >= 15 is 0 Å². The smallest absolute Gasteiger partial charge is 0.325 e. The van der Waals surface area contributed by atoms with Gasteiger partial charge in [-0.15, -0.1) is 11.6 Å². The van der Waals surface area contributed by atoms with E-state index in [4.69, 9.17) is 11.6 Å². The number of alkyl halides is 1. The molecule has 1 fully saturated rings. The third kappa shape index (κ3) is 2.13. The van der Waals surface area contributed by atoms with Gasteiger partial charge in [-0.25, -0.2) is 9.79 Å². The Morgan fingerprint density at radius 3 is 2.88 bits per heavy atom. The molecule has 0 saturated carbocycles. The van der Waals surface area contributed by atoms with Gasteiger partial charge in [0.05, 0.1) is 0 Å². The van der Waals surface area contributed by atoms with Crippen molar-refractivity contribution in [3.05, 3.63) is 0 Å². The number of likely N-dealkylation sites (N-methyl/N-ethyl adjacent to an activating group) is 1. The number of imide groups is 1. The third-order valence-corrected chi connectivity index (χ3v) is 3.77. The Kier molecular flexibility index (Phi) is 3.58. The fraction of sp³-hybridized carbons (Fsp3) is 0.667. The second kappa shape index (κ2) is 4.81. The van der Waals surface area contributed by atoms with Gasteiger partial charge in [-0.05, 0) is 22.4 Å². The van der Waals surface area contributed by atoms with Gasteiger partial charge < -0.3 is 9.80 Å². The summed E-state index contributed by atoms with van der Waals surface area (Å²) in [5.41, 5.74) is 0. The lowest BCUT2D eigenvalue weighted by Crippen LogP contribution is -2.63. The maximum atomic E-state index is 11.8. The highest BCUT2D eigenvalue weighted by Gasteiger charge is 2.47. The molecule has 2 aliphatic heterocycles. The Balaban J connectivity index is 2.20. The molecule has 2 unspecified atom stereocenters. The summed E-state index contributed by atoms with van der Waals surface area (Å²) in [6, 6.07) is -0.880. The fourth-order valence-corrected chi connectivity index (χ4v) is 2.68. The SMILES string of the molecule is CN1C(=O)NC(=O)C2C1N=C(Br)N2CCCCl. The molecule has 1 saturated heterocycles. The molecule has 0 aliphatic carbocycles. The summed E-state index contributed by atoms with van der Waals surface area (Å²) >= 11 is 8.96. The van der Waals surface area contributed by atoms with Crippen LogP contribution in [0, 0.1) is 0 Å². The number of hydrogen-bond acceptors (Lipinski definition) is 4. The van der Waals surface area contributed by atoms with Crippen LogP contribution < -0.4 is 5.32 Å². The van der Waals surface area contributed by atoms with Gasteiger partial charge >= 0.3 is 6.03 Å². The number of amidine groups is 1. The summed E-state index contributed by atoms with van der Waals surface area (Å²) < 4.78 is 0.592. The molecule has 6 nitrogen and oxygen atoms in total. The van der Waals surface area contributed by atoms with Gasteiger partial charge in [-0.3, -0.25) is 10.1 Å². The first-order valence-corrected chi connectivity index (χ1v) is 6.52. The average Bonchev–Trinajstić information content (AvgIpc) is 2.61. The van der Waals surface area contributed by atoms with E-state index in [0.29, 0.717) is 17.2 Å². The summed E-state index contributed by atoms with van der Waals surface area (Å²) in [6.45, 7) is 0.629. The Labute approximate surface area is 112 Å². The van der Waals surface area contributed by atoms with Crippen molar-refractivity contribution in [2.24, 2.45) is 4.99 Å². The molecule has 3 amide bonds. The van der Waals surface area contributed by atoms with Crippen molar-refractivity contribution in [1.29, 1.82) is 0 Å². The number of nitrogens with zero attached hydrogens (tertiary/aromatic N) is 3. The van der Waals surface area contributed by atoms with Crippen LogP contribution in [0.15, 0.2) is 4.99 Å². The average molecular weight is 324 g/mol. The molecule has 8 heteroatoms. The highest BCUT2D eigenvalue weighted by molar-refractivity contribution is 9.18. The summed E-state index contributed by atoms with van der Waals surface area (Å²) in [5.74, 6) is 0.204. The van der Waals surface area contributed by atoms with Gasteiger partial charge in [0.2, 0.25) is 0 Å². The van der Waals surface area contributed by atoms with E-state index in [1.54, 1.807) is 7.05 Å². The molecule has 2 atom stereocenters. The van der Waals surface area contributed by atoms with E-state index in [2.05, 4.69) is 26.2 Å². The topological polar surface area (TPSA) is 65.0 Å². The van der Waals surface area contributed by atoms with Gasteiger partial charge in [0.15, 0.2) is 17.0 Å². The molecule has 0 radical (unpaired) electrons. The van der Waals surface area contributed by atoms with Crippen LogP contribution in [0.2, 0.25) is 0 Å². The van der Waals surface area contributed by atoms with Crippen LogP contribution in [0.4, 0.5) is 4.79 Å². The van der Waals surface area contributed by atoms with E-state index in [1.165, 1.54) is 4.90 Å². The van der Waals surface area contributed by atoms with Crippen LogP contribution in [-0.2, 0) is 4.79 Å². The number of hydrogen-bond donors (Lipinski definition) is 1. The van der Waals surface area contributed by atoms with Crippen molar-refractivity contribution < 1.29 is 9.59 Å². The number of rotatable bonds is 3. The van der Waals surface area contributed by atoms with Gasteiger partial charge in [0.25, 0.3) is 5.91 Å². The van der Waals surface area contributed by atoms with Crippen LogP contribution in [-0.4, -0.2) is 58.2 Å². The first-order valence-electron chi connectivity index (χ1n) is 5.20. The first-order chi connectivity index (χ1) is 8.06. The summed E-state index contributed by atoms with van der Waals surface area (Å²) in [4.78, 5) is 30.8. The van der Waals surface area contributed by atoms with Crippen LogP contribution >= 0.6 is 27.5 Å². The first kappa shape index (κ1) is 12.6. The minimum absolute atomic E-state index is 0.314. The Morgan fingerprint density at radius 1 is 1.53 bits per heavy atom. The second-order valence-corrected chi connectivity index (χ2v) is 4.99. The molecule has 2 aliphatic rings. The lowest BCUT2D eigenvalue weighted by molar-refractivity contribution is -0.127. The maximum Gasteiger partial charge on any atom is 0.325 e. The third-order valence-electron chi connectivity index (χ3n) is 2.84. The van der Waals surface area contributed by atoms with Crippen molar-refractivity contribution in [2.75, 3.05) is 19.5 Å². The molecular formula is C9H12BrClN4O2. The number of fused-ring (bicyclic) bond motifs is 1. The van der Waals surface area contributed by atoms with Crippen LogP contribution in [0.1, 0.15) is 6.42 Å². The number of nitrogens with one attached hydrogen (secondary N) is 1. The highest BCUT2D eigenvalue weighted by Crippen LogP contribution is 2.26. The molecule has 2 rings (SSSR count). The molecule has 17 heavy (non-hydrogen) atoms. The van der Waals surface area contributed by atoms with Gasteiger partial charge in [0, 0.05) is 19.5 Å². The summed E-state index contributed by atoms with van der Waals surface area (Å²) in [7, 11) is 1.62. The Morgan fingerprint density at radius 2 is 2.24 bits per heavy atom. The molecule has 0 bridgehead atoms. The van der Waals surface area contributed by atoms with E-state index in [9.17, 15) is 9.59 Å².